The zero-order chi connectivity index (χ0) is 17.5. The number of fused-ring (bicyclic) bond motifs is 1. The Hall–Kier alpha value is -2.82. The summed E-state index contributed by atoms with van der Waals surface area (Å²) in [5.41, 5.74) is 3.89. The van der Waals surface area contributed by atoms with Crippen molar-refractivity contribution >= 4 is 22.5 Å². The van der Waals surface area contributed by atoms with E-state index in [9.17, 15) is 4.79 Å². The minimum absolute atomic E-state index is 0.0683. The maximum absolute atomic E-state index is 12.1. The molecule has 0 aliphatic heterocycles. The number of hydrogen-bond acceptors (Lipinski definition) is 3. The predicted octanol–water partition coefficient (Wildman–Crippen LogP) is 3.75. The number of benzene rings is 1. The number of carbonyl (C=O) groups excluding carboxylic acids is 1. The second-order valence-corrected chi connectivity index (χ2v) is 6.11. The first-order valence-electron chi connectivity index (χ1n) is 8.80. The third kappa shape index (κ3) is 4.38. The molecule has 1 amide bonds. The lowest BCUT2D eigenvalue weighted by atomic mass is 10.1. The summed E-state index contributed by atoms with van der Waals surface area (Å²) in [5, 5.41) is 7.52. The minimum Gasteiger partial charge on any atom is -0.383 e. The normalized spacial score (nSPS) is 10.8. The van der Waals surface area contributed by atoms with E-state index in [1.54, 1.807) is 12.4 Å². The average molecular weight is 336 g/mol. The van der Waals surface area contributed by atoms with Crippen LogP contribution < -0.4 is 10.6 Å². The van der Waals surface area contributed by atoms with Crippen molar-refractivity contribution in [1.82, 2.24) is 15.3 Å². The summed E-state index contributed by atoms with van der Waals surface area (Å²) < 4.78 is 0. The highest BCUT2D eigenvalue weighted by molar-refractivity contribution is 5.94. The van der Waals surface area contributed by atoms with Crippen molar-refractivity contribution in [2.75, 3.05) is 18.4 Å². The molecule has 3 aromatic rings. The van der Waals surface area contributed by atoms with Gasteiger partial charge in [-0.3, -0.25) is 9.78 Å². The van der Waals surface area contributed by atoms with Gasteiger partial charge in [-0.15, -0.1) is 0 Å². The number of amides is 1. The van der Waals surface area contributed by atoms with E-state index in [1.165, 1.54) is 10.9 Å². The first kappa shape index (κ1) is 17.0. The highest BCUT2D eigenvalue weighted by Gasteiger charge is 2.07. The van der Waals surface area contributed by atoms with Crippen LogP contribution in [0.3, 0.4) is 0 Å². The number of para-hydroxylation sites is 1. The molecule has 0 spiro atoms. The van der Waals surface area contributed by atoms with E-state index in [4.69, 9.17) is 0 Å². The van der Waals surface area contributed by atoms with Crippen molar-refractivity contribution in [3.05, 3.63) is 60.0 Å². The van der Waals surface area contributed by atoms with Crippen LogP contribution in [0, 0.1) is 0 Å². The molecule has 0 saturated carbocycles. The van der Waals surface area contributed by atoms with Gasteiger partial charge in [0.25, 0.3) is 5.91 Å². The van der Waals surface area contributed by atoms with Gasteiger partial charge >= 0.3 is 0 Å². The number of unbranched alkanes of at least 4 members (excludes halogenated alkanes) is 1. The zero-order valence-corrected chi connectivity index (χ0v) is 14.5. The van der Waals surface area contributed by atoms with Gasteiger partial charge in [0.15, 0.2) is 0 Å². The fourth-order valence-electron chi connectivity index (χ4n) is 2.82. The van der Waals surface area contributed by atoms with Crippen LogP contribution in [-0.4, -0.2) is 29.0 Å². The Morgan fingerprint density at radius 3 is 2.96 bits per heavy atom. The van der Waals surface area contributed by atoms with Crippen molar-refractivity contribution in [2.45, 2.75) is 26.2 Å². The van der Waals surface area contributed by atoms with Crippen LogP contribution in [0.25, 0.3) is 10.9 Å². The predicted molar refractivity (Wildman–Crippen MR) is 102 cm³/mol. The summed E-state index contributed by atoms with van der Waals surface area (Å²) >= 11 is 0. The van der Waals surface area contributed by atoms with E-state index in [-0.39, 0.29) is 5.91 Å². The number of anilines is 1. The van der Waals surface area contributed by atoms with Gasteiger partial charge in [0.2, 0.25) is 0 Å². The standard InChI is InChI=1S/C20H24N4O/c1-2-3-9-23-20(25)16-11-17(14-21-12-16)22-10-8-15-13-24-19-7-5-4-6-18(15)19/h4-7,11-14,22,24H,2-3,8-10H2,1H3,(H,23,25). The van der Waals surface area contributed by atoms with Crippen molar-refractivity contribution < 1.29 is 4.79 Å². The highest BCUT2D eigenvalue weighted by atomic mass is 16.1. The molecule has 25 heavy (non-hydrogen) atoms. The Kier molecular flexibility index (Phi) is 5.67. The molecule has 3 N–H and O–H groups in total. The Labute approximate surface area is 147 Å². The number of nitrogens with zero attached hydrogens (tertiary/aromatic N) is 1. The lowest BCUT2D eigenvalue weighted by Gasteiger charge is -2.08. The second-order valence-electron chi connectivity index (χ2n) is 6.11. The van der Waals surface area contributed by atoms with Gasteiger partial charge in [0, 0.05) is 42.6 Å². The number of aromatic nitrogens is 2. The summed E-state index contributed by atoms with van der Waals surface area (Å²) in [4.78, 5) is 19.6. The topological polar surface area (TPSA) is 69.8 Å². The van der Waals surface area contributed by atoms with Gasteiger partial charge in [-0.05, 0) is 30.5 Å². The smallest absolute Gasteiger partial charge is 0.252 e. The van der Waals surface area contributed by atoms with Crippen molar-refractivity contribution in [3.63, 3.8) is 0 Å². The van der Waals surface area contributed by atoms with E-state index >= 15 is 0 Å². The van der Waals surface area contributed by atoms with E-state index in [1.807, 2.05) is 12.1 Å². The third-order valence-electron chi connectivity index (χ3n) is 4.21. The largest absolute Gasteiger partial charge is 0.383 e. The van der Waals surface area contributed by atoms with Crippen molar-refractivity contribution in [1.29, 1.82) is 0 Å². The van der Waals surface area contributed by atoms with Crippen LogP contribution in [0.5, 0.6) is 0 Å². The molecule has 1 aromatic carbocycles. The molecule has 5 heteroatoms. The lowest BCUT2D eigenvalue weighted by molar-refractivity contribution is 0.0953. The molecule has 0 aliphatic rings. The van der Waals surface area contributed by atoms with Crippen LogP contribution in [-0.2, 0) is 6.42 Å². The monoisotopic (exact) mass is 336 g/mol. The van der Waals surface area contributed by atoms with Crippen molar-refractivity contribution in [2.24, 2.45) is 0 Å². The molecule has 0 aliphatic carbocycles. The molecule has 0 atom stereocenters. The molecule has 130 valence electrons. The lowest BCUT2D eigenvalue weighted by Crippen LogP contribution is -2.24. The summed E-state index contributed by atoms with van der Waals surface area (Å²) in [7, 11) is 0. The first-order valence-corrected chi connectivity index (χ1v) is 8.80. The van der Waals surface area contributed by atoms with E-state index in [0.29, 0.717) is 12.1 Å². The maximum Gasteiger partial charge on any atom is 0.252 e. The third-order valence-corrected chi connectivity index (χ3v) is 4.21. The van der Waals surface area contributed by atoms with Crippen LogP contribution in [0.2, 0.25) is 0 Å². The zero-order valence-electron chi connectivity index (χ0n) is 14.5. The molecular formula is C20H24N4O. The number of aromatic amines is 1. The summed E-state index contributed by atoms with van der Waals surface area (Å²) in [5.74, 6) is -0.0683. The minimum atomic E-state index is -0.0683. The Bertz CT molecular complexity index is 840. The fraction of sp³-hybridized carbons (Fsp3) is 0.300. The molecule has 2 aromatic heterocycles. The van der Waals surface area contributed by atoms with Gasteiger partial charge in [0.05, 0.1) is 11.3 Å². The number of nitrogens with one attached hydrogen (secondary N) is 3. The Morgan fingerprint density at radius 2 is 2.08 bits per heavy atom. The van der Waals surface area contributed by atoms with E-state index < -0.39 is 0 Å². The van der Waals surface area contributed by atoms with Gasteiger partial charge in [-0.25, -0.2) is 0 Å². The maximum atomic E-state index is 12.1. The van der Waals surface area contributed by atoms with Crippen LogP contribution in [0.4, 0.5) is 5.69 Å². The number of H-pyrrole nitrogens is 1. The van der Waals surface area contributed by atoms with Crippen LogP contribution in [0.15, 0.2) is 48.9 Å². The highest BCUT2D eigenvalue weighted by Crippen LogP contribution is 2.18. The molecule has 0 bridgehead atoms. The number of hydrogen-bond donors (Lipinski definition) is 3. The summed E-state index contributed by atoms with van der Waals surface area (Å²) in [6.07, 6.45) is 8.36. The number of rotatable bonds is 8. The quantitative estimate of drug-likeness (QED) is 0.549. The van der Waals surface area contributed by atoms with Gasteiger partial charge in [-0.2, -0.15) is 0 Å². The molecular weight excluding hydrogens is 312 g/mol. The van der Waals surface area contributed by atoms with Gasteiger partial charge in [0.1, 0.15) is 0 Å². The van der Waals surface area contributed by atoms with E-state index in [2.05, 4.69) is 51.9 Å². The number of pyridine rings is 1. The Balaban J connectivity index is 1.56. The summed E-state index contributed by atoms with van der Waals surface area (Å²) in [6, 6.07) is 10.1. The Morgan fingerprint density at radius 1 is 1.20 bits per heavy atom. The fourth-order valence-corrected chi connectivity index (χ4v) is 2.82. The van der Waals surface area contributed by atoms with Crippen molar-refractivity contribution in [3.8, 4) is 0 Å². The molecule has 5 nitrogen and oxygen atoms in total. The first-order chi connectivity index (χ1) is 12.3. The molecule has 0 unspecified atom stereocenters. The summed E-state index contributed by atoms with van der Waals surface area (Å²) in [6.45, 7) is 3.59. The molecule has 0 radical (unpaired) electrons. The van der Waals surface area contributed by atoms with Crippen LogP contribution in [0.1, 0.15) is 35.7 Å². The van der Waals surface area contributed by atoms with Gasteiger partial charge in [-0.1, -0.05) is 31.5 Å². The average Bonchev–Trinajstić information content (AvgIpc) is 3.05. The molecule has 0 saturated heterocycles. The van der Waals surface area contributed by atoms with Crippen LogP contribution >= 0.6 is 0 Å². The second kappa shape index (κ2) is 8.33. The van der Waals surface area contributed by atoms with Gasteiger partial charge < -0.3 is 15.6 Å². The number of carbonyl (C=O) groups is 1. The molecule has 2 heterocycles. The molecule has 0 fully saturated rings. The molecule has 3 rings (SSSR count). The SMILES string of the molecule is CCCCNC(=O)c1cncc(NCCc2c[nH]c3ccccc23)c1. The van der Waals surface area contributed by atoms with E-state index in [0.717, 1.165) is 37.0 Å².